The standard InChI is InChI=1S/C13H14N2O2/c16-8-2-4-11-3-1-5-12(14-11)15-13(17)9-10-6-7-10/h1,3,5,10,16H,6-9H2,(H,14,15,17). The molecule has 4 nitrogen and oxygen atoms in total. The molecule has 0 aromatic carbocycles. The lowest BCUT2D eigenvalue weighted by molar-refractivity contribution is -0.116. The third-order valence-corrected chi connectivity index (χ3v) is 2.48. The molecule has 1 aliphatic rings. The van der Waals surface area contributed by atoms with Crippen molar-refractivity contribution in [2.45, 2.75) is 19.3 Å². The van der Waals surface area contributed by atoms with Crippen molar-refractivity contribution >= 4 is 11.7 Å². The second-order valence-corrected chi connectivity index (χ2v) is 4.06. The van der Waals surface area contributed by atoms with Gasteiger partial charge in [-0.15, -0.1) is 0 Å². The molecule has 2 N–H and O–H groups in total. The molecule has 2 rings (SSSR count). The first-order valence-corrected chi connectivity index (χ1v) is 5.64. The van der Waals surface area contributed by atoms with E-state index in [1.165, 1.54) is 0 Å². The smallest absolute Gasteiger partial charge is 0.225 e. The molecule has 0 radical (unpaired) electrons. The lowest BCUT2D eigenvalue weighted by Crippen LogP contribution is -2.13. The number of pyridine rings is 1. The minimum Gasteiger partial charge on any atom is -0.384 e. The number of rotatable bonds is 3. The fourth-order valence-corrected chi connectivity index (χ4v) is 1.48. The number of anilines is 1. The Morgan fingerprint density at radius 2 is 2.35 bits per heavy atom. The highest BCUT2D eigenvalue weighted by Gasteiger charge is 2.24. The number of hydrogen-bond donors (Lipinski definition) is 2. The zero-order valence-electron chi connectivity index (χ0n) is 9.44. The van der Waals surface area contributed by atoms with Gasteiger partial charge >= 0.3 is 0 Å². The summed E-state index contributed by atoms with van der Waals surface area (Å²) in [7, 11) is 0. The van der Waals surface area contributed by atoms with E-state index in [0.29, 0.717) is 23.9 Å². The van der Waals surface area contributed by atoms with E-state index in [-0.39, 0.29) is 12.5 Å². The maximum Gasteiger partial charge on any atom is 0.225 e. The van der Waals surface area contributed by atoms with E-state index in [1.807, 2.05) is 0 Å². The van der Waals surface area contributed by atoms with Gasteiger partial charge in [0.1, 0.15) is 18.1 Å². The topological polar surface area (TPSA) is 62.2 Å². The second-order valence-electron chi connectivity index (χ2n) is 4.06. The van der Waals surface area contributed by atoms with Gasteiger partial charge in [-0.2, -0.15) is 0 Å². The third kappa shape index (κ3) is 3.89. The largest absolute Gasteiger partial charge is 0.384 e. The van der Waals surface area contributed by atoms with Crippen LogP contribution in [0.15, 0.2) is 18.2 Å². The van der Waals surface area contributed by atoms with Crippen LogP contribution in [0.25, 0.3) is 0 Å². The van der Waals surface area contributed by atoms with Crippen molar-refractivity contribution in [3.63, 3.8) is 0 Å². The molecule has 17 heavy (non-hydrogen) atoms. The Kier molecular flexibility index (Phi) is 3.73. The summed E-state index contributed by atoms with van der Waals surface area (Å²) in [6, 6.07) is 5.25. The average Bonchev–Trinajstić information content (AvgIpc) is 3.10. The summed E-state index contributed by atoms with van der Waals surface area (Å²) < 4.78 is 0. The summed E-state index contributed by atoms with van der Waals surface area (Å²) in [4.78, 5) is 15.7. The van der Waals surface area contributed by atoms with E-state index in [1.54, 1.807) is 18.2 Å². The molecule has 1 amide bonds. The Labute approximate surface area is 100 Å². The zero-order chi connectivity index (χ0) is 12.1. The van der Waals surface area contributed by atoms with Crippen molar-refractivity contribution in [1.82, 2.24) is 4.98 Å². The van der Waals surface area contributed by atoms with Crippen LogP contribution in [0.1, 0.15) is 25.0 Å². The van der Waals surface area contributed by atoms with E-state index < -0.39 is 0 Å². The molecular formula is C13H14N2O2. The van der Waals surface area contributed by atoms with Gasteiger partial charge in [0, 0.05) is 6.42 Å². The SMILES string of the molecule is O=C(CC1CC1)Nc1cccc(C#CCO)n1. The molecule has 0 unspecified atom stereocenters. The lowest BCUT2D eigenvalue weighted by atomic mass is 10.3. The van der Waals surface area contributed by atoms with Crippen LogP contribution in [-0.4, -0.2) is 22.6 Å². The first-order chi connectivity index (χ1) is 8.28. The Morgan fingerprint density at radius 3 is 3.06 bits per heavy atom. The Hall–Kier alpha value is -1.86. The molecule has 0 aliphatic heterocycles. The van der Waals surface area contributed by atoms with Crippen LogP contribution in [0, 0.1) is 17.8 Å². The molecule has 1 aromatic heterocycles. The van der Waals surface area contributed by atoms with Crippen molar-refractivity contribution in [1.29, 1.82) is 0 Å². The van der Waals surface area contributed by atoms with Gasteiger partial charge < -0.3 is 10.4 Å². The molecule has 0 saturated heterocycles. The van der Waals surface area contributed by atoms with Gasteiger partial charge in [0.15, 0.2) is 0 Å². The molecule has 0 atom stereocenters. The quantitative estimate of drug-likeness (QED) is 0.766. The van der Waals surface area contributed by atoms with Gasteiger partial charge in [-0.3, -0.25) is 4.79 Å². The minimum atomic E-state index is -0.194. The van der Waals surface area contributed by atoms with Crippen LogP contribution in [0.5, 0.6) is 0 Å². The number of nitrogens with zero attached hydrogens (tertiary/aromatic N) is 1. The van der Waals surface area contributed by atoms with Gasteiger partial charge in [-0.1, -0.05) is 12.0 Å². The normalized spacial score (nSPS) is 13.7. The number of aromatic nitrogens is 1. The van der Waals surface area contributed by atoms with Crippen molar-refractivity contribution in [3.05, 3.63) is 23.9 Å². The van der Waals surface area contributed by atoms with Crippen LogP contribution in [-0.2, 0) is 4.79 Å². The molecular weight excluding hydrogens is 216 g/mol. The van der Waals surface area contributed by atoms with Crippen LogP contribution in [0.3, 0.4) is 0 Å². The molecule has 0 bridgehead atoms. The predicted octanol–water partition coefficient (Wildman–Crippen LogP) is 1.16. The molecule has 88 valence electrons. The fourth-order valence-electron chi connectivity index (χ4n) is 1.48. The maximum absolute atomic E-state index is 11.6. The van der Waals surface area contributed by atoms with E-state index in [9.17, 15) is 4.79 Å². The Balaban J connectivity index is 1.97. The molecule has 0 spiro atoms. The number of amides is 1. The molecule has 1 saturated carbocycles. The van der Waals surface area contributed by atoms with E-state index >= 15 is 0 Å². The summed E-state index contributed by atoms with van der Waals surface area (Å²) in [6.45, 7) is -0.194. The highest BCUT2D eigenvalue weighted by molar-refractivity contribution is 5.90. The van der Waals surface area contributed by atoms with Gasteiger partial charge in [0.2, 0.25) is 5.91 Å². The van der Waals surface area contributed by atoms with Gasteiger partial charge in [-0.05, 0) is 36.8 Å². The summed E-state index contributed by atoms with van der Waals surface area (Å²) in [5.74, 6) is 6.30. The van der Waals surface area contributed by atoms with Crippen molar-refractivity contribution in [2.75, 3.05) is 11.9 Å². The van der Waals surface area contributed by atoms with E-state index in [0.717, 1.165) is 12.8 Å². The van der Waals surface area contributed by atoms with Gasteiger partial charge in [0.25, 0.3) is 0 Å². The van der Waals surface area contributed by atoms with Crippen LogP contribution in [0.4, 0.5) is 5.82 Å². The highest BCUT2D eigenvalue weighted by atomic mass is 16.2. The highest BCUT2D eigenvalue weighted by Crippen LogP contribution is 2.32. The average molecular weight is 230 g/mol. The maximum atomic E-state index is 11.6. The van der Waals surface area contributed by atoms with Gasteiger partial charge in [-0.25, -0.2) is 4.98 Å². The van der Waals surface area contributed by atoms with E-state index in [2.05, 4.69) is 22.1 Å². The second kappa shape index (κ2) is 5.46. The van der Waals surface area contributed by atoms with E-state index in [4.69, 9.17) is 5.11 Å². The van der Waals surface area contributed by atoms with Crippen molar-refractivity contribution in [3.8, 4) is 11.8 Å². The van der Waals surface area contributed by atoms with Crippen LogP contribution >= 0.6 is 0 Å². The monoisotopic (exact) mass is 230 g/mol. The minimum absolute atomic E-state index is 0.00673. The number of nitrogens with one attached hydrogen (secondary N) is 1. The third-order valence-electron chi connectivity index (χ3n) is 2.48. The first-order valence-electron chi connectivity index (χ1n) is 5.64. The summed E-state index contributed by atoms with van der Waals surface area (Å²) in [5, 5.41) is 11.3. The summed E-state index contributed by atoms with van der Waals surface area (Å²) in [5.41, 5.74) is 0.545. The molecule has 1 fully saturated rings. The number of aliphatic hydroxyl groups excluding tert-OH is 1. The van der Waals surface area contributed by atoms with Crippen LogP contribution in [0.2, 0.25) is 0 Å². The van der Waals surface area contributed by atoms with Crippen molar-refractivity contribution in [2.24, 2.45) is 5.92 Å². The first kappa shape index (κ1) is 11.6. The number of aliphatic hydroxyl groups is 1. The summed E-state index contributed by atoms with van der Waals surface area (Å²) >= 11 is 0. The van der Waals surface area contributed by atoms with Crippen LogP contribution < -0.4 is 5.32 Å². The number of carbonyl (C=O) groups excluding carboxylic acids is 1. The molecule has 1 aliphatic carbocycles. The Bertz CT molecular complexity index is 470. The number of carbonyl (C=O) groups is 1. The molecule has 1 aromatic rings. The zero-order valence-corrected chi connectivity index (χ0v) is 9.44. The molecule has 4 heteroatoms. The Morgan fingerprint density at radius 1 is 1.53 bits per heavy atom. The summed E-state index contributed by atoms with van der Waals surface area (Å²) in [6.07, 6.45) is 2.89. The van der Waals surface area contributed by atoms with Gasteiger partial charge in [0.05, 0.1) is 0 Å². The lowest BCUT2D eigenvalue weighted by Gasteiger charge is -2.03. The molecule has 1 heterocycles. The number of hydrogen-bond acceptors (Lipinski definition) is 3. The fraction of sp³-hybridized carbons (Fsp3) is 0.385. The predicted molar refractivity (Wildman–Crippen MR) is 64.2 cm³/mol. The van der Waals surface area contributed by atoms with Crippen molar-refractivity contribution < 1.29 is 9.90 Å².